The molecule has 1 N–H and O–H groups in total. The summed E-state index contributed by atoms with van der Waals surface area (Å²) in [5, 5.41) is 2.70. The van der Waals surface area contributed by atoms with Gasteiger partial charge in [-0.15, -0.1) is 0 Å². The molecule has 0 heterocycles. The Labute approximate surface area is 182 Å². The molecule has 0 aliphatic carbocycles. The van der Waals surface area contributed by atoms with E-state index in [0.29, 0.717) is 24.5 Å². The Morgan fingerprint density at radius 3 is 2.03 bits per heavy atom. The molecule has 3 rings (SSSR count). The first kappa shape index (κ1) is 22.1. The van der Waals surface area contributed by atoms with Crippen LogP contribution in [0.5, 0.6) is 5.75 Å². The lowest BCUT2D eigenvalue weighted by molar-refractivity contribution is -0.148. The van der Waals surface area contributed by atoms with Gasteiger partial charge >= 0.3 is 5.97 Å². The Hall–Kier alpha value is -3.64. The molecular formula is C25H26N2O4. The Bertz CT molecular complexity index is 936. The predicted octanol–water partition coefficient (Wildman–Crippen LogP) is 3.88. The summed E-state index contributed by atoms with van der Waals surface area (Å²) in [4.78, 5) is 26.6. The van der Waals surface area contributed by atoms with E-state index in [9.17, 15) is 9.59 Å². The zero-order valence-electron chi connectivity index (χ0n) is 17.5. The number of hydrogen-bond acceptors (Lipinski definition) is 5. The van der Waals surface area contributed by atoms with Crippen molar-refractivity contribution < 1.29 is 19.1 Å². The van der Waals surface area contributed by atoms with Crippen LogP contribution >= 0.6 is 0 Å². The van der Waals surface area contributed by atoms with Gasteiger partial charge in [-0.1, -0.05) is 66.7 Å². The van der Waals surface area contributed by atoms with Crippen LogP contribution in [0.4, 0.5) is 5.69 Å². The number of amides is 1. The van der Waals surface area contributed by atoms with Crippen LogP contribution in [0, 0.1) is 0 Å². The molecule has 160 valence electrons. The highest BCUT2D eigenvalue weighted by Crippen LogP contribution is 2.16. The number of nitrogens with zero attached hydrogens (tertiary/aromatic N) is 1. The molecule has 0 spiro atoms. The average Bonchev–Trinajstić information content (AvgIpc) is 2.79. The third-order valence-electron chi connectivity index (χ3n) is 4.57. The van der Waals surface area contributed by atoms with Crippen molar-refractivity contribution in [2.24, 2.45) is 0 Å². The number of methoxy groups -OCH3 is 1. The second-order valence-electron chi connectivity index (χ2n) is 7.06. The summed E-state index contributed by atoms with van der Waals surface area (Å²) < 4.78 is 10.3. The van der Waals surface area contributed by atoms with E-state index in [-0.39, 0.29) is 13.2 Å². The largest absolute Gasteiger partial charge is 0.497 e. The minimum atomic E-state index is -0.451. The maximum atomic E-state index is 12.4. The van der Waals surface area contributed by atoms with Gasteiger partial charge in [0.05, 0.1) is 13.7 Å². The zero-order valence-corrected chi connectivity index (χ0v) is 17.5. The molecule has 1 amide bonds. The molecule has 0 bridgehead atoms. The lowest BCUT2D eigenvalue weighted by Crippen LogP contribution is -2.32. The summed E-state index contributed by atoms with van der Waals surface area (Å²) >= 11 is 0. The fourth-order valence-corrected chi connectivity index (χ4v) is 3.12. The Morgan fingerprint density at radius 1 is 0.839 bits per heavy atom. The SMILES string of the molecule is COc1cccc(NC(=O)COC(=O)CN(Cc2ccccc2)Cc2ccccc2)c1. The number of ether oxygens (including phenoxy) is 2. The van der Waals surface area contributed by atoms with Crippen molar-refractivity contribution in [1.29, 1.82) is 0 Å². The van der Waals surface area contributed by atoms with Crippen molar-refractivity contribution in [2.45, 2.75) is 13.1 Å². The molecule has 3 aromatic carbocycles. The maximum absolute atomic E-state index is 12.4. The Balaban J connectivity index is 1.54. The van der Waals surface area contributed by atoms with Gasteiger partial charge < -0.3 is 14.8 Å². The van der Waals surface area contributed by atoms with E-state index in [1.807, 2.05) is 65.6 Å². The monoisotopic (exact) mass is 418 g/mol. The van der Waals surface area contributed by atoms with E-state index in [1.165, 1.54) is 0 Å². The van der Waals surface area contributed by atoms with Gasteiger partial charge in [0.15, 0.2) is 6.61 Å². The summed E-state index contributed by atoms with van der Waals surface area (Å²) in [5.41, 5.74) is 2.78. The van der Waals surface area contributed by atoms with Crippen molar-refractivity contribution in [3.63, 3.8) is 0 Å². The third-order valence-corrected chi connectivity index (χ3v) is 4.57. The molecule has 31 heavy (non-hydrogen) atoms. The lowest BCUT2D eigenvalue weighted by atomic mass is 10.1. The van der Waals surface area contributed by atoms with Gasteiger partial charge in [0.2, 0.25) is 0 Å². The molecule has 0 atom stereocenters. The summed E-state index contributed by atoms with van der Waals surface area (Å²) in [6.45, 7) is 0.929. The smallest absolute Gasteiger partial charge is 0.320 e. The number of rotatable bonds is 10. The van der Waals surface area contributed by atoms with Gasteiger partial charge in [0, 0.05) is 24.8 Å². The van der Waals surface area contributed by atoms with Crippen molar-refractivity contribution in [2.75, 3.05) is 25.6 Å². The van der Waals surface area contributed by atoms with Crippen molar-refractivity contribution in [3.05, 3.63) is 96.1 Å². The van der Waals surface area contributed by atoms with Crippen molar-refractivity contribution >= 4 is 17.6 Å². The second-order valence-corrected chi connectivity index (χ2v) is 7.06. The quantitative estimate of drug-likeness (QED) is 0.506. The summed E-state index contributed by atoms with van der Waals surface area (Å²) in [7, 11) is 1.55. The molecule has 0 fully saturated rings. The number of benzene rings is 3. The number of hydrogen-bond donors (Lipinski definition) is 1. The van der Waals surface area contributed by atoms with Crippen molar-refractivity contribution in [3.8, 4) is 5.75 Å². The van der Waals surface area contributed by atoms with Crippen LogP contribution in [0.1, 0.15) is 11.1 Å². The molecule has 0 saturated heterocycles. The molecule has 0 unspecified atom stereocenters. The topological polar surface area (TPSA) is 67.9 Å². The molecular weight excluding hydrogens is 392 g/mol. The lowest BCUT2D eigenvalue weighted by Gasteiger charge is -2.21. The zero-order chi connectivity index (χ0) is 21.9. The number of carbonyl (C=O) groups is 2. The minimum Gasteiger partial charge on any atom is -0.497 e. The first-order chi connectivity index (χ1) is 15.1. The highest BCUT2D eigenvalue weighted by atomic mass is 16.5. The van der Waals surface area contributed by atoms with E-state index in [4.69, 9.17) is 9.47 Å². The Morgan fingerprint density at radius 2 is 1.45 bits per heavy atom. The molecule has 6 heteroatoms. The highest BCUT2D eigenvalue weighted by molar-refractivity contribution is 5.93. The van der Waals surface area contributed by atoms with Crippen LogP contribution in [-0.4, -0.2) is 37.0 Å². The van der Waals surface area contributed by atoms with Crippen LogP contribution in [0.3, 0.4) is 0 Å². The summed E-state index contributed by atoms with van der Waals surface area (Å²) in [6.07, 6.45) is 0. The van der Waals surface area contributed by atoms with Gasteiger partial charge in [0.1, 0.15) is 5.75 Å². The van der Waals surface area contributed by atoms with Gasteiger partial charge in [0.25, 0.3) is 5.91 Å². The Kier molecular flexibility index (Phi) is 8.20. The molecule has 0 radical (unpaired) electrons. The highest BCUT2D eigenvalue weighted by Gasteiger charge is 2.15. The van der Waals surface area contributed by atoms with Crippen LogP contribution in [0.15, 0.2) is 84.9 Å². The number of nitrogens with one attached hydrogen (secondary N) is 1. The maximum Gasteiger partial charge on any atom is 0.320 e. The number of carbonyl (C=O) groups excluding carboxylic acids is 2. The van der Waals surface area contributed by atoms with Crippen LogP contribution in [0.25, 0.3) is 0 Å². The van der Waals surface area contributed by atoms with E-state index in [0.717, 1.165) is 11.1 Å². The average molecular weight is 418 g/mol. The molecule has 0 aliphatic heterocycles. The molecule has 6 nitrogen and oxygen atoms in total. The van der Waals surface area contributed by atoms with Crippen LogP contribution in [0.2, 0.25) is 0 Å². The van der Waals surface area contributed by atoms with Crippen molar-refractivity contribution in [1.82, 2.24) is 4.90 Å². The third kappa shape index (κ3) is 7.60. The first-order valence-electron chi connectivity index (χ1n) is 10.0. The standard InChI is InChI=1S/C25H26N2O4/c1-30-23-14-8-13-22(15-23)26-24(28)19-31-25(29)18-27(16-20-9-4-2-5-10-20)17-21-11-6-3-7-12-21/h2-15H,16-19H2,1H3,(H,26,28). The first-order valence-corrected chi connectivity index (χ1v) is 10.0. The fourth-order valence-electron chi connectivity index (χ4n) is 3.12. The summed E-state index contributed by atoms with van der Waals surface area (Å²) in [5.74, 6) is -0.223. The normalized spacial score (nSPS) is 10.5. The second kappa shape index (κ2) is 11.5. The van der Waals surface area contributed by atoms with E-state index in [1.54, 1.807) is 31.4 Å². The fraction of sp³-hybridized carbons (Fsp3) is 0.200. The van der Waals surface area contributed by atoms with Crippen LogP contribution in [-0.2, 0) is 27.4 Å². The predicted molar refractivity (Wildman–Crippen MR) is 120 cm³/mol. The van der Waals surface area contributed by atoms with Gasteiger partial charge in [-0.2, -0.15) is 0 Å². The molecule has 0 aromatic heterocycles. The van der Waals surface area contributed by atoms with E-state index >= 15 is 0 Å². The van der Waals surface area contributed by atoms with E-state index < -0.39 is 11.9 Å². The minimum absolute atomic E-state index is 0.0796. The molecule has 3 aromatic rings. The number of anilines is 1. The van der Waals surface area contributed by atoms with Gasteiger partial charge in [-0.3, -0.25) is 14.5 Å². The number of esters is 1. The molecule has 0 saturated carbocycles. The van der Waals surface area contributed by atoms with Gasteiger partial charge in [-0.05, 0) is 23.3 Å². The van der Waals surface area contributed by atoms with E-state index in [2.05, 4.69) is 5.32 Å². The summed E-state index contributed by atoms with van der Waals surface area (Å²) in [6, 6.07) is 26.9. The van der Waals surface area contributed by atoms with Crippen LogP contribution < -0.4 is 10.1 Å². The van der Waals surface area contributed by atoms with Gasteiger partial charge in [-0.25, -0.2) is 0 Å². The molecule has 0 aliphatic rings.